The molecule has 24 nitrogen and oxygen atoms in total. The van der Waals surface area contributed by atoms with Gasteiger partial charge >= 0.3 is 17.9 Å². The van der Waals surface area contributed by atoms with Crippen molar-refractivity contribution in [3.63, 3.8) is 0 Å². The van der Waals surface area contributed by atoms with Crippen LogP contribution in [0.2, 0.25) is 0 Å². The fourth-order valence-electron chi connectivity index (χ4n) is 15.8. The molecule has 0 bridgehead atoms. The Morgan fingerprint density at radius 1 is 0.741 bits per heavy atom. The minimum atomic E-state index is -2.95. The van der Waals surface area contributed by atoms with E-state index in [9.17, 15) is 55.2 Å². The van der Waals surface area contributed by atoms with Crippen molar-refractivity contribution < 1.29 is 117 Å². The van der Waals surface area contributed by atoms with Crippen LogP contribution in [0, 0.1) is 22.7 Å². The van der Waals surface area contributed by atoms with Crippen molar-refractivity contribution in [2.75, 3.05) is 27.9 Å². The van der Waals surface area contributed by atoms with Crippen molar-refractivity contribution in [3.05, 3.63) is 59.2 Å². The minimum absolute atomic E-state index is 0.0380. The Balaban J connectivity index is 0.875. The topological polar surface area (TPSA) is 333 Å². The number of ketones is 1. The quantitative estimate of drug-likeness (QED) is 0.0480. The molecule has 0 amide bonds. The van der Waals surface area contributed by atoms with Gasteiger partial charge in [-0.25, -0.2) is 9.59 Å². The number of aliphatic hydroxyl groups excluding tert-OH is 5. The van der Waals surface area contributed by atoms with E-state index in [0.717, 1.165) is 5.57 Å². The largest absolute Gasteiger partial charge is 0.455 e. The van der Waals surface area contributed by atoms with E-state index < -0.39 is 181 Å². The van der Waals surface area contributed by atoms with E-state index in [1.165, 1.54) is 28.1 Å². The second-order valence-electron chi connectivity index (χ2n) is 25.4. The maximum Gasteiger partial charge on any atom is 0.338 e. The van der Waals surface area contributed by atoms with E-state index in [-0.39, 0.29) is 49.0 Å². The lowest BCUT2D eigenvalue weighted by Crippen LogP contribution is -2.80. The van der Waals surface area contributed by atoms with Crippen LogP contribution in [0.5, 0.6) is 0 Å². The van der Waals surface area contributed by atoms with Crippen molar-refractivity contribution in [2.45, 2.75) is 253 Å². The number of rotatable bonds is 17. The molecule has 85 heavy (non-hydrogen) atoms. The highest BCUT2D eigenvalue weighted by atomic mass is 16.9. The lowest BCUT2D eigenvalue weighted by atomic mass is 9.42. The molecule has 8 aliphatic rings. The summed E-state index contributed by atoms with van der Waals surface area (Å²) in [5.41, 5.74) is -5.01. The van der Waals surface area contributed by atoms with Crippen LogP contribution in [-0.2, 0) is 71.2 Å². The first-order valence-electron chi connectivity index (χ1n) is 29.7. The highest BCUT2D eigenvalue weighted by Gasteiger charge is 2.81. The summed E-state index contributed by atoms with van der Waals surface area (Å²) in [6.07, 6.45) is -16.6. The summed E-state index contributed by atoms with van der Waals surface area (Å²) in [4.78, 5) is 41.9. The Bertz CT molecular complexity index is 2600. The summed E-state index contributed by atoms with van der Waals surface area (Å²) in [6, 6.07) is 8.35. The number of benzene rings is 1. The zero-order chi connectivity index (χ0) is 62.1. The Morgan fingerprint density at radius 3 is 2.05 bits per heavy atom. The van der Waals surface area contributed by atoms with E-state index in [1.807, 2.05) is 26.8 Å². The zero-order valence-electron chi connectivity index (χ0n) is 50.6. The molecule has 0 aromatic heterocycles. The van der Waals surface area contributed by atoms with Crippen LogP contribution in [-0.4, -0.2) is 226 Å². The molecule has 0 radical (unpaired) electrons. The van der Waals surface area contributed by atoms with Gasteiger partial charge in [-0.2, -0.15) is 0 Å². The summed E-state index contributed by atoms with van der Waals surface area (Å²) >= 11 is 0. The van der Waals surface area contributed by atoms with Crippen LogP contribution in [0.4, 0.5) is 0 Å². The van der Waals surface area contributed by atoms with Crippen molar-refractivity contribution in [1.82, 2.24) is 0 Å². The first-order chi connectivity index (χ1) is 40.0. The highest BCUT2D eigenvalue weighted by molar-refractivity contribution is 5.90. The molecule has 9 rings (SSSR count). The van der Waals surface area contributed by atoms with E-state index in [2.05, 4.69) is 0 Å². The van der Waals surface area contributed by atoms with Crippen molar-refractivity contribution >= 4 is 17.7 Å². The molecule has 0 spiro atoms. The van der Waals surface area contributed by atoms with E-state index in [4.69, 9.17) is 61.6 Å². The molecular weight excluding hydrogens is 1120 g/mol. The third-order valence-corrected chi connectivity index (χ3v) is 20.4. The number of carbonyl (C=O) groups is 3. The molecule has 1 aromatic carbocycles. The fraction of sp³-hybridized carbons (Fsp3) is 0.787. The van der Waals surface area contributed by atoms with Gasteiger partial charge in [0.1, 0.15) is 78.0 Å². The number of carbonyl (C=O) groups excluding carboxylic acids is 3. The number of ether oxygens (including phenoxy) is 13. The number of Topliss-reactive ketones (excluding diaryl/α,β-unsaturated/α-hetero) is 1. The van der Waals surface area contributed by atoms with Crippen LogP contribution in [0.3, 0.4) is 0 Å². The summed E-state index contributed by atoms with van der Waals surface area (Å²) in [5, 5.41) is 90.6. The minimum Gasteiger partial charge on any atom is -0.455 e. The molecule has 4 aliphatic carbocycles. The van der Waals surface area contributed by atoms with Gasteiger partial charge in [0.05, 0.1) is 48.8 Å². The van der Waals surface area contributed by atoms with Crippen LogP contribution in [0.15, 0.2) is 53.6 Å². The number of esters is 2. The van der Waals surface area contributed by atoms with Gasteiger partial charge < -0.3 is 102 Å². The average molecular weight is 1210 g/mol. The molecule has 8 N–H and O–H groups in total. The second kappa shape index (κ2) is 25.1. The predicted molar refractivity (Wildman–Crippen MR) is 294 cm³/mol. The fourth-order valence-corrected chi connectivity index (χ4v) is 15.8. The molecule has 24 heteroatoms. The number of allylic oxidation sites excluding steroid dienone is 1. The molecule has 1 aromatic rings. The van der Waals surface area contributed by atoms with Crippen LogP contribution < -0.4 is 0 Å². The van der Waals surface area contributed by atoms with Gasteiger partial charge in [0.2, 0.25) is 0 Å². The zero-order valence-corrected chi connectivity index (χ0v) is 50.6. The average Bonchev–Trinajstić information content (AvgIpc) is 1.68. The van der Waals surface area contributed by atoms with Gasteiger partial charge in [-0.05, 0) is 105 Å². The first-order valence-corrected chi connectivity index (χ1v) is 29.7. The van der Waals surface area contributed by atoms with Gasteiger partial charge in [0, 0.05) is 57.0 Å². The second-order valence-corrected chi connectivity index (χ2v) is 25.4. The van der Waals surface area contributed by atoms with E-state index in [0.29, 0.717) is 19.3 Å². The van der Waals surface area contributed by atoms with Gasteiger partial charge in [-0.15, -0.1) is 0 Å². The van der Waals surface area contributed by atoms with Crippen molar-refractivity contribution in [2.24, 2.45) is 22.7 Å². The predicted octanol–water partition coefficient (Wildman–Crippen LogP) is 2.18. The lowest BCUT2D eigenvalue weighted by Gasteiger charge is -2.68. The number of fused-ring (bicyclic) bond motifs is 5. The lowest BCUT2D eigenvalue weighted by molar-refractivity contribution is -0.474. The van der Waals surface area contributed by atoms with Crippen LogP contribution >= 0.6 is 0 Å². The van der Waals surface area contributed by atoms with Gasteiger partial charge in [0.25, 0.3) is 0 Å². The maximum atomic E-state index is 14.2. The number of hydrogen-bond acceptors (Lipinski definition) is 24. The number of aliphatic hydroxyl groups is 8. The summed E-state index contributed by atoms with van der Waals surface area (Å²) in [6.45, 7) is 14.6. The highest BCUT2D eigenvalue weighted by Crippen LogP contribution is 2.71. The van der Waals surface area contributed by atoms with Crippen molar-refractivity contribution in [3.8, 4) is 0 Å². The number of hydrogen-bond donors (Lipinski definition) is 8. The molecule has 478 valence electrons. The molecule has 4 aliphatic heterocycles. The Labute approximate surface area is 495 Å². The molecule has 7 fully saturated rings. The normalized spacial score (nSPS) is 48.3. The molecular formula is C61H90O24. The number of methoxy groups -OCH3 is 3. The Hall–Kier alpha value is -3.45. The molecule has 3 saturated carbocycles. The summed E-state index contributed by atoms with van der Waals surface area (Å²) in [7, 11) is 4.35. The monoisotopic (exact) mass is 1210 g/mol. The van der Waals surface area contributed by atoms with E-state index in [1.54, 1.807) is 71.2 Å². The first kappa shape index (κ1) is 66.0. The third kappa shape index (κ3) is 11.5. The van der Waals surface area contributed by atoms with E-state index >= 15 is 0 Å². The SMILES string of the molecule is C/C=C(/C)C(=O)O[C@H]1C2[C@@]3(C)CC[C@H](OC4(C)CC(OC)C(OC5CC(OC)C(OC6OC(C)C(O[C@]7(O)OC(CO)[C@@H](O)C(O)[C@@H]7O)C(OC)C6O)C(C)O5)C(C)O4)CC3=CC[C@@]2(O)[C@@]2(O)CC[C@@H](C(C)=O)[C@@]2(C)[C@@H]1OC(=O)c1ccccc1. The van der Waals surface area contributed by atoms with Gasteiger partial charge in [0.15, 0.2) is 24.5 Å². The van der Waals surface area contributed by atoms with Gasteiger partial charge in [-0.3, -0.25) is 4.79 Å². The molecule has 16 unspecified atom stereocenters. The Morgan fingerprint density at radius 2 is 1.41 bits per heavy atom. The third-order valence-electron chi connectivity index (χ3n) is 20.4. The molecule has 4 heterocycles. The summed E-state index contributed by atoms with van der Waals surface area (Å²) in [5.74, 6) is -7.65. The molecule has 4 saturated heterocycles. The summed E-state index contributed by atoms with van der Waals surface area (Å²) < 4.78 is 81.0. The molecule has 27 atom stereocenters. The Kier molecular flexibility index (Phi) is 19.5. The van der Waals surface area contributed by atoms with Crippen molar-refractivity contribution in [1.29, 1.82) is 0 Å². The standard InChI is InChI=1S/C61H90O24/c1-13-29(2)53(68)79-49-50-56(7)22-20-36(25-35(56)19-23-59(50,70)60(71)24-21-37(30(3)63)58(60,9)52(49)81-54(69)34-17-15-14-16-18-34)83-57(8)27-39(74-11)46(33(6)82-57)78-41-26-38(73-10)45(31(4)76-41)80-55-44(66)48(75-12)47(32(5)77-55)85-61(72)51(67)43(65)42(64)40(28-62)84-61/h13-19,31-33,36-52,55,62,64-67,70-72H,20-28H2,1-12H3/b29-13-/t31?,32?,33?,36-,37-,38?,39?,40?,41?,42+,43?,44?,45?,46?,47?,48?,49-,50?,51-,52+,55?,56-,57?,58-,59-,60+,61+/m0/s1. The maximum absolute atomic E-state index is 14.2. The smallest absolute Gasteiger partial charge is 0.338 e. The van der Waals surface area contributed by atoms with Gasteiger partial charge in [-0.1, -0.05) is 49.8 Å². The van der Waals surface area contributed by atoms with Crippen LogP contribution in [0.1, 0.15) is 124 Å². The van der Waals surface area contributed by atoms with Crippen LogP contribution in [0.25, 0.3) is 0 Å².